The molecule has 41 heavy (non-hydrogen) atoms. The first-order valence-corrected chi connectivity index (χ1v) is 16.6. The van der Waals surface area contributed by atoms with E-state index in [1.165, 1.54) is 122 Å². The van der Waals surface area contributed by atoms with Gasteiger partial charge >= 0.3 is 0 Å². The van der Waals surface area contributed by atoms with Crippen LogP contribution in [0.15, 0.2) is 30.3 Å². The molecule has 0 spiro atoms. The molecule has 2 aliphatic carbocycles. The van der Waals surface area contributed by atoms with Crippen LogP contribution in [0.25, 0.3) is 0 Å². The fraction of sp³-hybridized carbons (Fsp3) is 0.829. The van der Waals surface area contributed by atoms with E-state index in [4.69, 9.17) is 4.74 Å². The maximum absolute atomic E-state index is 5.15. The first-order chi connectivity index (χ1) is 19.1. The summed E-state index contributed by atoms with van der Waals surface area (Å²) in [6, 6.07) is 12.7. The number of piperazine rings is 2. The Bertz CT molecular complexity index is 761. The van der Waals surface area contributed by atoms with E-state index >= 15 is 0 Å². The molecule has 5 aliphatic rings. The van der Waals surface area contributed by atoms with E-state index in [1.54, 1.807) is 0 Å². The molecule has 0 amide bonds. The van der Waals surface area contributed by atoms with Crippen molar-refractivity contribution >= 4 is 0 Å². The monoisotopic (exact) mass is 575 g/mol. The summed E-state index contributed by atoms with van der Waals surface area (Å²) >= 11 is 0. The number of rotatable bonds is 4. The summed E-state index contributed by atoms with van der Waals surface area (Å²) in [5.74, 6) is 1.91. The zero-order valence-corrected chi connectivity index (χ0v) is 26.2. The molecule has 1 unspecified atom stereocenters. The average molecular weight is 575 g/mol. The molecule has 6 rings (SSSR count). The van der Waals surface area contributed by atoms with E-state index in [0.717, 1.165) is 37.1 Å². The number of benzene rings is 1. The molecule has 3 aliphatic heterocycles. The summed E-state index contributed by atoms with van der Waals surface area (Å²) < 4.78 is 5.15. The van der Waals surface area contributed by atoms with Gasteiger partial charge in [-0.05, 0) is 62.8 Å². The maximum atomic E-state index is 5.15. The highest BCUT2D eigenvalue weighted by Gasteiger charge is 2.27. The van der Waals surface area contributed by atoms with Gasteiger partial charge in [0.15, 0.2) is 0 Å². The normalized spacial score (nSPS) is 31.3. The summed E-state index contributed by atoms with van der Waals surface area (Å²) in [6.07, 6.45) is 14.6. The third-order valence-corrected chi connectivity index (χ3v) is 9.82. The molecule has 1 aromatic rings. The SMILES string of the molecule is C.CC1CCCO1.C[C@@H]1CCC[C@H](N2CCN(Cc3ccccc3)CC2)C1.C[C@@H]1CCC[C@H](N2CCNCC2)C1.O. The third kappa shape index (κ3) is 13.0. The van der Waals surface area contributed by atoms with E-state index in [9.17, 15) is 0 Å². The highest BCUT2D eigenvalue weighted by atomic mass is 16.5. The Hall–Kier alpha value is -1.02. The molecule has 0 bridgehead atoms. The molecule has 6 nitrogen and oxygen atoms in total. The van der Waals surface area contributed by atoms with Gasteiger partial charge < -0.3 is 15.5 Å². The maximum Gasteiger partial charge on any atom is 0.0547 e. The molecule has 0 aromatic heterocycles. The molecule has 3 saturated heterocycles. The minimum Gasteiger partial charge on any atom is -0.412 e. The quantitative estimate of drug-likeness (QED) is 0.489. The number of ether oxygens (including phenoxy) is 1. The van der Waals surface area contributed by atoms with Crippen molar-refractivity contribution in [3.05, 3.63) is 35.9 Å². The molecule has 3 N–H and O–H groups in total. The topological polar surface area (TPSA) is 62.5 Å². The van der Waals surface area contributed by atoms with Crippen LogP contribution in [0.4, 0.5) is 0 Å². The van der Waals surface area contributed by atoms with Gasteiger partial charge in [-0.2, -0.15) is 0 Å². The van der Waals surface area contributed by atoms with Gasteiger partial charge in [-0.15, -0.1) is 0 Å². The number of nitrogens with one attached hydrogen (secondary N) is 1. The summed E-state index contributed by atoms with van der Waals surface area (Å²) in [7, 11) is 0. The van der Waals surface area contributed by atoms with Gasteiger partial charge in [0.25, 0.3) is 0 Å². The van der Waals surface area contributed by atoms with Crippen molar-refractivity contribution in [1.82, 2.24) is 20.0 Å². The predicted molar refractivity (Wildman–Crippen MR) is 176 cm³/mol. The van der Waals surface area contributed by atoms with Gasteiger partial charge in [0.2, 0.25) is 0 Å². The van der Waals surface area contributed by atoms with E-state index < -0.39 is 0 Å². The van der Waals surface area contributed by atoms with Gasteiger partial charge in [0.1, 0.15) is 0 Å². The van der Waals surface area contributed by atoms with Crippen molar-refractivity contribution in [2.75, 3.05) is 59.0 Å². The van der Waals surface area contributed by atoms with Crippen LogP contribution in [0.5, 0.6) is 0 Å². The Morgan fingerprint density at radius 2 is 1.27 bits per heavy atom. The highest BCUT2D eigenvalue weighted by Crippen LogP contribution is 2.28. The lowest BCUT2D eigenvalue weighted by Crippen LogP contribution is -2.50. The van der Waals surface area contributed by atoms with Crippen LogP contribution in [0.1, 0.15) is 98.0 Å². The highest BCUT2D eigenvalue weighted by molar-refractivity contribution is 5.14. The molecular weight excluding hydrogens is 508 g/mol. The van der Waals surface area contributed by atoms with Crippen molar-refractivity contribution in [3.8, 4) is 0 Å². The lowest BCUT2D eigenvalue weighted by Gasteiger charge is -2.42. The van der Waals surface area contributed by atoms with Gasteiger partial charge in [-0.1, -0.05) is 77.3 Å². The molecule has 6 heteroatoms. The van der Waals surface area contributed by atoms with Crippen molar-refractivity contribution in [3.63, 3.8) is 0 Å². The average Bonchev–Trinajstić information content (AvgIpc) is 3.46. The first kappa shape index (κ1) is 36.2. The predicted octanol–water partition coefficient (Wildman–Crippen LogP) is 5.85. The molecule has 5 atom stereocenters. The van der Waals surface area contributed by atoms with Crippen LogP contribution in [-0.4, -0.2) is 97.3 Å². The fourth-order valence-corrected chi connectivity index (χ4v) is 7.38. The number of hydrogen-bond acceptors (Lipinski definition) is 5. The number of nitrogens with zero attached hydrogens (tertiary/aromatic N) is 3. The van der Waals surface area contributed by atoms with Crippen LogP contribution in [0.3, 0.4) is 0 Å². The molecule has 5 fully saturated rings. The van der Waals surface area contributed by atoms with E-state index in [1.807, 2.05) is 0 Å². The second-order valence-electron chi connectivity index (χ2n) is 13.3. The van der Waals surface area contributed by atoms with Gasteiger partial charge in [-0.25, -0.2) is 0 Å². The van der Waals surface area contributed by atoms with Crippen molar-refractivity contribution in [1.29, 1.82) is 0 Å². The van der Waals surface area contributed by atoms with E-state index in [-0.39, 0.29) is 12.9 Å². The summed E-state index contributed by atoms with van der Waals surface area (Å²) in [4.78, 5) is 8.07. The standard InChI is InChI=1S/C18H28N2.C11H22N2.C5H10O.CH4.H2O/c1-16-6-5-9-18(14-16)20-12-10-19(11-13-20)15-17-7-3-2-4-8-17;1-10-3-2-4-11(9-10)13-7-5-12-6-8-13;1-5-3-2-4-6-5;;/h2-4,7-8,16,18H,5-6,9-15H2,1H3;10-12H,2-9H2,1H3;5H,2-4H2,1H3;1H4;1H2/t16-,18+;10-,11+;;;/m11.../s1. The molecule has 3 heterocycles. The Morgan fingerprint density at radius 1 is 0.707 bits per heavy atom. The fourth-order valence-electron chi connectivity index (χ4n) is 7.38. The van der Waals surface area contributed by atoms with Gasteiger partial charge in [0, 0.05) is 77.6 Å². The molecule has 2 saturated carbocycles. The van der Waals surface area contributed by atoms with Crippen LogP contribution < -0.4 is 5.32 Å². The zero-order valence-electron chi connectivity index (χ0n) is 26.2. The van der Waals surface area contributed by atoms with Crippen molar-refractivity contribution in [2.45, 2.75) is 117 Å². The lowest BCUT2D eigenvalue weighted by molar-refractivity contribution is 0.0659. The summed E-state index contributed by atoms with van der Waals surface area (Å²) in [6.45, 7) is 19.0. The van der Waals surface area contributed by atoms with Crippen molar-refractivity contribution in [2.24, 2.45) is 11.8 Å². The minimum atomic E-state index is 0. The number of hydrogen-bond donors (Lipinski definition) is 1. The molecular formula is C35H66N4O2. The Labute approximate surface area is 253 Å². The molecule has 1 aromatic carbocycles. The third-order valence-electron chi connectivity index (χ3n) is 9.82. The summed E-state index contributed by atoms with van der Waals surface area (Å²) in [5, 5.41) is 3.42. The summed E-state index contributed by atoms with van der Waals surface area (Å²) in [5.41, 5.74) is 1.45. The Balaban J connectivity index is 0.000000241. The largest absolute Gasteiger partial charge is 0.412 e. The molecule has 0 radical (unpaired) electrons. The second kappa shape index (κ2) is 20.0. The van der Waals surface area contributed by atoms with Gasteiger partial charge in [-0.3, -0.25) is 14.7 Å². The Morgan fingerprint density at radius 3 is 1.73 bits per heavy atom. The molecule has 238 valence electrons. The second-order valence-corrected chi connectivity index (χ2v) is 13.3. The lowest BCUT2D eigenvalue weighted by atomic mass is 9.86. The van der Waals surface area contributed by atoms with Crippen LogP contribution in [0, 0.1) is 11.8 Å². The smallest absolute Gasteiger partial charge is 0.0547 e. The van der Waals surface area contributed by atoms with Crippen LogP contribution in [0.2, 0.25) is 0 Å². The first-order valence-electron chi connectivity index (χ1n) is 16.6. The van der Waals surface area contributed by atoms with Gasteiger partial charge in [0.05, 0.1) is 6.10 Å². The van der Waals surface area contributed by atoms with Crippen molar-refractivity contribution < 1.29 is 10.2 Å². The minimum absolute atomic E-state index is 0. The van der Waals surface area contributed by atoms with E-state index in [2.05, 4.69) is 71.1 Å². The van der Waals surface area contributed by atoms with E-state index in [0.29, 0.717) is 6.10 Å². The van der Waals surface area contributed by atoms with Crippen LogP contribution in [-0.2, 0) is 11.3 Å². The Kier molecular flexibility index (Phi) is 17.7. The zero-order chi connectivity index (χ0) is 27.3. The van der Waals surface area contributed by atoms with Crippen LogP contribution >= 0.6 is 0 Å².